The Morgan fingerprint density at radius 2 is 1.88 bits per heavy atom. The van der Waals surface area contributed by atoms with E-state index in [0.29, 0.717) is 12.4 Å². The quantitative estimate of drug-likeness (QED) is 0.510. The number of nitrogens with zero attached hydrogens (tertiary/aromatic N) is 1. The van der Waals surface area contributed by atoms with E-state index in [-0.39, 0.29) is 17.1 Å². The third kappa shape index (κ3) is 3.87. The molecule has 0 spiro atoms. The lowest BCUT2D eigenvalue weighted by atomic mass is 9.72. The molecule has 1 aromatic rings. The Morgan fingerprint density at radius 3 is 2.48 bits per heavy atom. The average Bonchev–Trinajstić information content (AvgIpc) is 3.30. The Hall–Kier alpha value is -1.67. The van der Waals surface area contributed by atoms with Crippen LogP contribution in [0.15, 0.2) is 34.8 Å². The zero-order valence-corrected chi connectivity index (χ0v) is 22.6. The molecular weight excluding hydrogens is 434 g/mol. The molecule has 1 fully saturated rings. The van der Waals surface area contributed by atoms with Gasteiger partial charge >= 0.3 is 0 Å². The predicted molar refractivity (Wildman–Crippen MR) is 133 cm³/mol. The van der Waals surface area contributed by atoms with Gasteiger partial charge in [0.2, 0.25) is 5.90 Å². The van der Waals surface area contributed by atoms with Crippen molar-refractivity contribution in [3.8, 4) is 5.75 Å². The highest BCUT2D eigenvalue weighted by molar-refractivity contribution is 6.74. The van der Waals surface area contributed by atoms with Gasteiger partial charge in [0.15, 0.2) is 14.1 Å². The van der Waals surface area contributed by atoms with Gasteiger partial charge in [-0.1, -0.05) is 32.9 Å². The molecule has 7 heteroatoms. The van der Waals surface area contributed by atoms with Gasteiger partial charge in [-0.2, -0.15) is 0 Å². The second kappa shape index (κ2) is 8.22. The number of hydrogen-bond donors (Lipinski definition) is 0. The van der Waals surface area contributed by atoms with Gasteiger partial charge in [-0.3, -0.25) is 4.99 Å². The molecule has 1 aliphatic carbocycles. The van der Waals surface area contributed by atoms with Gasteiger partial charge in [0, 0.05) is 30.7 Å². The number of rotatable bonds is 5. The van der Waals surface area contributed by atoms with Gasteiger partial charge in [-0.05, 0) is 55.6 Å². The highest BCUT2D eigenvalue weighted by atomic mass is 28.4. The molecule has 3 aliphatic rings. The van der Waals surface area contributed by atoms with Crippen molar-refractivity contribution in [2.45, 2.75) is 82.1 Å². The second-order valence-corrected chi connectivity index (χ2v) is 15.9. The fraction of sp³-hybridized carbons (Fsp3) is 0.654. The summed E-state index contributed by atoms with van der Waals surface area (Å²) >= 11 is 0. The van der Waals surface area contributed by atoms with Crippen LogP contribution in [-0.4, -0.2) is 53.5 Å². The Labute approximate surface area is 199 Å². The van der Waals surface area contributed by atoms with Crippen molar-refractivity contribution >= 4 is 14.2 Å². The Morgan fingerprint density at radius 1 is 1.15 bits per heavy atom. The highest BCUT2D eigenvalue weighted by Crippen LogP contribution is 2.63. The lowest BCUT2D eigenvalue weighted by molar-refractivity contribution is -0.226. The summed E-state index contributed by atoms with van der Waals surface area (Å²) in [6.45, 7) is 14.3. The molecule has 0 radical (unpaired) electrons. The molecule has 6 nitrogen and oxygen atoms in total. The minimum atomic E-state index is -2.10. The first-order valence-electron chi connectivity index (χ1n) is 11.8. The summed E-state index contributed by atoms with van der Waals surface area (Å²) in [4.78, 5) is 4.49. The Bertz CT molecular complexity index is 981. The van der Waals surface area contributed by atoms with Gasteiger partial charge in [-0.15, -0.1) is 0 Å². The van der Waals surface area contributed by atoms with Gasteiger partial charge in [-0.25, -0.2) is 0 Å². The lowest BCUT2D eigenvalue weighted by Gasteiger charge is -2.45. The Kier molecular flexibility index (Phi) is 6.09. The molecule has 1 saturated heterocycles. The van der Waals surface area contributed by atoms with Crippen molar-refractivity contribution in [2.24, 2.45) is 4.99 Å². The van der Waals surface area contributed by atoms with E-state index in [9.17, 15) is 0 Å². The summed E-state index contributed by atoms with van der Waals surface area (Å²) in [5.74, 6) is 0.517. The summed E-state index contributed by atoms with van der Waals surface area (Å²) in [7, 11) is 3.01. The molecule has 0 N–H and O–H groups in total. The summed E-state index contributed by atoms with van der Waals surface area (Å²) in [5, 5.41) is 0.0752. The normalized spacial score (nSPS) is 32.6. The maximum atomic E-state index is 7.09. The fourth-order valence-corrected chi connectivity index (χ4v) is 6.57. The number of benzene rings is 1. The van der Waals surface area contributed by atoms with Crippen molar-refractivity contribution in [2.75, 3.05) is 27.9 Å². The standard InChI is InChI=1S/C26H39NO5Si/c1-24(2,3)33(8,9)31-22-18-11-10-12-20(28-5)21(18)19-16-25(22,4)32-26(19,30-7)15-17-13-14-27-23(17)29-6/h10-12,15,19,22H,13-14,16H2,1-9H3/b17-15-/t19-,22+,25+,26+/m0/s1. The molecule has 4 atom stereocenters. The van der Waals surface area contributed by atoms with Crippen LogP contribution in [-0.2, 0) is 18.6 Å². The van der Waals surface area contributed by atoms with Crippen molar-refractivity contribution in [3.63, 3.8) is 0 Å². The number of hydrogen-bond acceptors (Lipinski definition) is 6. The topological polar surface area (TPSA) is 58.5 Å². The monoisotopic (exact) mass is 473 g/mol. The van der Waals surface area contributed by atoms with E-state index in [1.54, 1.807) is 21.3 Å². The van der Waals surface area contributed by atoms with E-state index in [2.05, 4.69) is 57.9 Å². The molecule has 2 heterocycles. The molecular formula is C26H39NO5Si. The molecule has 0 unspecified atom stereocenters. The van der Waals surface area contributed by atoms with Crippen LogP contribution in [0.5, 0.6) is 5.75 Å². The summed E-state index contributed by atoms with van der Waals surface area (Å²) in [5.41, 5.74) is 2.73. The van der Waals surface area contributed by atoms with Crippen LogP contribution in [0.2, 0.25) is 18.1 Å². The van der Waals surface area contributed by atoms with Crippen LogP contribution in [0.4, 0.5) is 0 Å². The molecule has 4 rings (SSSR count). The molecule has 0 amide bonds. The Balaban J connectivity index is 1.88. The van der Waals surface area contributed by atoms with E-state index < -0.39 is 19.7 Å². The first-order valence-corrected chi connectivity index (χ1v) is 14.7. The summed E-state index contributed by atoms with van der Waals surface area (Å²) in [6, 6.07) is 6.24. The van der Waals surface area contributed by atoms with E-state index in [1.807, 2.05) is 12.1 Å². The van der Waals surface area contributed by atoms with E-state index >= 15 is 0 Å². The van der Waals surface area contributed by atoms with Crippen LogP contribution in [0.25, 0.3) is 0 Å². The van der Waals surface area contributed by atoms with Crippen LogP contribution in [0.1, 0.15) is 63.7 Å². The molecule has 1 aromatic carbocycles. The number of fused-ring (bicyclic) bond motifs is 4. The SMILES string of the molecule is COC1=NCC/C1=C/[C@@]1(OC)O[C@]2(C)C[C@H]1c1c(OC)cccc1[C@H]2O[Si](C)(C)C(C)(C)C. The molecule has 2 bridgehead atoms. The van der Waals surface area contributed by atoms with Gasteiger partial charge in [0.1, 0.15) is 5.75 Å². The lowest BCUT2D eigenvalue weighted by Crippen LogP contribution is -2.48. The van der Waals surface area contributed by atoms with Crippen LogP contribution >= 0.6 is 0 Å². The third-order valence-electron chi connectivity index (χ3n) is 8.01. The first kappa shape index (κ1) is 24.5. The number of methoxy groups -OCH3 is 3. The molecule has 2 aliphatic heterocycles. The van der Waals surface area contributed by atoms with E-state index in [1.165, 1.54) is 0 Å². The van der Waals surface area contributed by atoms with Crippen molar-refractivity contribution in [3.05, 3.63) is 41.0 Å². The zero-order valence-electron chi connectivity index (χ0n) is 21.6. The maximum absolute atomic E-state index is 7.09. The molecule has 182 valence electrons. The molecule has 0 saturated carbocycles. The molecule has 0 aromatic heterocycles. The number of ether oxygens (including phenoxy) is 4. The van der Waals surface area contributed by atoms with Gasteiger partial charge in [0.25, 0.3) is 0 Å². The second-order valence-electron chi connectivity index (χ2n) is 11.1. The largest absolute Gasteiger partial charge is 0.496 e. The fourth-order valence-electron chi connectivity index (χ4n) is 5.25. The third-order valence-corrected chi connectivity index (χ3v) is 12.4. The van der Waals surface area contributed by atoms with Gasteiger partial charge in [0.05, 0.1) is 25.9 Å². The minimum absolute atomic E-state index is 0.0379. The van der Waals surface area contributed by atoms with E-state index in [4.69, 9.17) is 23.4 Å². The average molecular weight is 474 g/mol. The van der Waals surface area contributed by atoms with Crippen LogP contribution in [0, 0.1) is 0 Å². The molecule has 33 heavy (non-hydrogen) atoms. The van der Waals surface area contributed by atoms with Crippen molar-refractivity contribution < 1.29 is 23.4 Å². The minimum Gasteiger partial charge on any atom is -0.496 e. The summed E-state index contributed by atoms with van der Waals surface area (Å²) in [6.07, 6.45) is 3.46. The van der Waals surface area contributed by atoms with Crippen LogP contribution < -0.4 is 4.74 Å². The summed E-state index contributed by atoms with van der Waals surface area (Å²) < 4.78 is 31.7. The van der Waals surface area contributed by atoms with Crippen LogP contribution in [0.3, 0.4) is 0 Å². The van der Waals surface area contributed by atoms with E-state index in [0.717, 1.165) is 35.3 Å². The van der Waals surface area contributed by atoms with Crippen molar-refractivity contribution in [1.29, 1.82) is 0 Å². The zero-order chi connectivity index (χ0) is 24.2. The number of aliphatic imine (C=N–C) groups is 1. The maximum Gasteiger partial charge on any atom is 0.211 e. The first-order chi connectivity index (χ1) is 15.4. The predicted octanol–water partition coefficient (Wildman–Crippen LogP) is 5.75. The van der Waals surface area contributed by atoms with Crippen molar-refractivity contribution in [1.82, 2.24) is 0 Å². The van der Waals surface area contributed by atoms with Gasteiger partial charge < -0.3 is 23.4 Å². The highest BCUT2D eigenvalue weighted by Gasteiger charge is 2.63. The smallest absolute Gasteiger partial charge is 0.211 e.